The standard InChI is InChI=1S/C22H32O2/c1-3-5-6-20(23)24-19-9-7-18(8-10-19)22-15-12-21(11-4-2,13-16-22)14-17-22/h7-10H,3-6,11-17H2,1-2H3. The van der Waals surface area contributed by atoms with Crippen LogP contribution in [0.3, 0.4) is 0 Å². The SMILES string of the molecule is CCCCC(=O)Oc1ccc(C23CCC(CCC)(CC2)CC3)cc1. The van der Waals surface area contributed by atoms with Crippen LogP contribution in [0.5, 0.6) is 5.75 Å². The summed E-state index contributed by atoms with van der Waals surface area (Å²) < 4.78 is 5.44. The Bertz CT molecular complexity index is 533. The molecule has 0 spiro atoms. The molecule has 0 radical (unpaired) electrons. The summed E-state index contributed by atoms with van der Waals surface area (Å²) in [4.78, 5) is 11.8. The number of fused-ring (bicyclic) bond motifs is 3. The largest absolute Gasteiger partial charge is 0.427 e. The van der Waals surface area contributed by atoms with Crippen molar-refractivity contribution >= 4 is 5.97 Å². The number of benzene rings is 1. The van der Waals surface area contributed by atoms with Crippen molar-refractivity contribution in [3.63, 3.8) is 0 Å². The fourth-order valence-electron chi connectivity index (χ4n) is 4.98. The summed E-state index contributed by atoms with van der Waals surface area (Å²) in [5.41, 5.74) is 2.51. The van der Waals surface area contributed by atoms with Gasteiger partial charge in [-0.15, -0.1) is 0 Å². The number of carbonyl (C=O) groups excluding carboxylic acids is 1. The maximum absolute atomic E-state index is 11.8. The van der Waals surface area contributed by atoms with Crippen LogP contribution in [-0.4, -0.2) is 5.97 Å². The first-order chi connectivity index (χ1) is 11.6. The molecule has 3 aliphatic carbocycles. The summed E-state index contributed by atoms with van der Waals surface area (Å²) in [5.74, 6) is 0.589. The third kappa shape index (κ3) is 3.53. The molecule has 0 atom stereocenters. The Morgan fingerprint density at radius 2 is 1.58 bits per heavy atom. The molecule has 1 aromatic carbocycles. The van der Waals surface area contributed by atoms with Gasteiger partial charge in [0.25, 0.3) is 0 Å². The van der Waals surface area contributed by atoms with Crippen LogP contribution in [0.1, 0.15) is 90.0 Å². The summed E-state index contributed by atoms with van der Waals surface area (Å²) in [6, 6.07) is 8.41. The predicted molar refractivity (Wildman–Crippen MR) is 98.3 cm³/mol. The molecule has 0 unspecified atom stereocenters. The zero-order valence-corrected chi connectivity index (χ0v) is 15.4. The van der Waals surface area contributed by atoms with Crippen molar-refractivity contribution in [2.45, 2.75) is 89.9 Å². The highest BCUT2D eigenvalue weighted by molar-refractivity contribution is 5.72. The van der Waals surface area contributed by atoms with Gasteiger partial charge < -0.3 is 4.74 Å². The van der Waals surface area contributed by atoms with Gasteiger partial charge in [0.05, 0.1) is 0 Å². The van der Waals surface area contributed by atoms with Crippen molar-refractivity contribution in [1.29, 1.82) is 0 Å². The van der Waals surface area contributed by atoms with E-state index in [4.69, 9.17) is 4.74 Å². The van der Waals surface area contributed by atoms with Crippen LogP contribution in [0.15, 0.2) is 24.3 Å². The second kappa shape index (κ2) is 7.29. The second-order valence-electron chi connectivity index (χ2n) is 8.13. The molecule has 0 amide bonds. The van der Waals surface area contributed by atoms with Gasteiger partial charge in [0, 0.05) is 6.42 Å². The lowest BCUT2D eigenvalue weighted by atomic mass is 9.51. The molecule has 3 fully saturated rings. The highest BCUT2D eigenvalue weighted by Gasteiger charge is 2.48. The number of hydrogen-bond donors (Lipinski definition) is 0. The minimum atomic E-state index is -0.109. The van der Waals surface area contributed by atoms with Crippen LogP contribution in [0.25, 0.3) is 0 Å². The van der Waals surface area contributed by atoms with Crippen LogP contribution in [0.4, 0.5) is 0 Å². The Morgan fingerprint density at radius 3 is 2.12 bits per heavy atom. The molecular formula is C22H32O2. The van der Waals surface area contributed by atoms with E-state index >= 15 is 0 Å². The second-order valence-corrected chi connectivity index (χ2v) is 8.13. The molecule has 3 aliphatic rings. The fourth-order valence-corrected chi connectivity index (χ4v) is 4.98. The van der Waals surface area contributed by atoms with Crippen molar-refractivity contribution in [1.82, 2.24) is 0 Å². The molecule has 3 saturated carbocycles. The Balaban J connectivity index is 1.63. The van der Waals surface area contributed by atoms with Crippen LogP contribution in [0.2, 0.25) is 0 Å². The first kappa shape index (κ1) is 17.5. The van der Waals surface area contributed by atoms with Crippen molar-refractivity contribution < 1.29 is 9.53 Å². The van der Waals surface area contributed by atoms with Crippen LogP contribution in [-0.2, 0) is 10.2 Å². The lowest BCUT2D eigenvalue weighted by Gasteiger charge is -2.54. The summed E-state index contributed by atoms with van der Waals surface area (Å²) >= 11 is 0. The summed E-state index contributed by atoms with van der Waals surface area (Å²) in [5, 5.41) is 0. The average molecular weight is 328 g/mol. The van der Waals surface area contributed by atoms with Crippen LogP contribution < -0.4 is 4.74 Å². The minimum absolute atomic E-state index is 0.109. The van der Waals surface area contributed by atoms with E-state index in [1.54, 1.807) is 0 Å². The van der Waals surface area contributed by atoms with Gasteiger partial charge in [0.15, 0.2) is 0 Å². The van der Waals surface area contributed by atoms with E-state index < -0.39 is 0 Å². The third-order valence-corrected chi connectivity index (χ3v) is 6.61. The van der Waals surface area contributed by atoms with Gasteiger partial charge in [-0.2, -0.15) is 0 Å². The van der Waals surface area contributed by atoms with Gasteiger partial charge in [-0.1, -0.05) is 38.8 Å². The molecule has 4 rings (SSSR count). The molecule has 2 heteroatoms. The molecule has 2 bridgehead atoms. The van der Waals surface area contributed by atoms with Crippen molar-refractivity contribution in [3.8, 4) is 5.75 Å². The van der Waals surface area contributed by atoms with Crippen molar-refractivity contribution in [2.75, 3.05) is 0 Å². The van der Waals surface area contributed by atoms with Crippen LogP contribution >= 0.6 is 0 Å². The molecule has 0 aliphatic heterocycles. The summed E-state index contributed by atoms with van der Waals surface area (Å²) in [7, 11) is 0. The zero-order chi connectivity index (χ0) is 17.0. The highest BCUT2D eigenvalue weighted by atomic mass is 16.5. The maximum atomic E-state index is 11.8. The smallest absolute Gasteiger partial charge is 0.311 e. The van der Waals surface area contributed by atoms with E-state index in [1.807, 2.05) is 12.1 Å². The molecule has 132 valence electrons. The third-order valence-electron chi connectivity index (χ3n) is 6.61. The molecule has 0 saturated heterocycles. The average Bonchev–Trinajstić information content (AvgIpc) is 2.62. The van der Waals surface area contributed by atoms with Crippen molar-refractivity contribution in [2.24, 2.45) is 5.41 Å². The monoisotopic (exact) mass is 328 g/mol. The Morgan fingerprint density at radius 1 is 0.958 bits per heavy atom. The van der Waals surface area contributed by atoms with E-state index in [9.17, 15) is 4.79 Å². The normalized spacial score (nSPS) is 28.8. The molecule has 1 aromatic rings. The molecule has 0 N–H and O–H groups in total. The van der Waals surface area contributed by atoms with Gasteiger partial charge in [-0.25, -0.2) is 0 Å². The number of hydrogen-bond acceptors (Lipinski definition) is 2. The lowest BCUT2D eigenvalue weighted by molar-refractivity contribution is -0.134. The maximum Gasteiger partial charge on any atom is 0.311 e. The van der Waals surface area contributed by atoms with E-state index in [-0.39, 0.29) is 5.97 Å². The lowest BCUT2D eigenvalue weighted by Crippen LogP contribution is -2.44. The van der Waals surface area contributed by atoms with E-state index in [2.05, 4.69) is 26.0 Å². The fraction of sp³-hybridized carbons (Fsp3) is 0.682. The zero-order valence-electron chi connectivity index (χ0n) is 15.4. The molecule has 2 nitrogen and oxygen atoms in total. The number of ether oxygens (including phenoxy) is 1. The first-order valence-electron chi connectivity index (χ1n) is 9.93. The Labute approximate surface area is 147 Å². The Kier molecular flexibility index (Phi) is 5.32. The Hall–Kier alpha value is -1.31. The van der Waals surface area contributed by atoms with Crippen LogP contribution in [0, 0.1) is 5.41 Å². The van der Waals surface area contributed by atoms with Gasteiger partial charge in [-0.3, -0.25) is 4.79 Å². The molecule has 0 heterocycles. The summed E-state index contributed by atoms with van der Waals surface area (Å²) in [6.07, 6.45) is 13.4. The van der Waals surface area contributed by atoms with E-state index in [0.717, 1.165) is 12.8 Å². The molecule has 24 heavy (non-hydrogen) atoms. The molecular weight excluding hydrogens is 296 g/mol. The molecule has 0 aromatic heterocycles. The van der Waals surface area contributed by atoms with Gasteiger partial charge in [-0.05, 0) is 79.9 Å². The highest BCUT2D eigenvalue weighted by Crippen LogP contribution is 2.59. The topological polar surface area (TPSA) is 26.3 Å². The van der Waals surface area contributed by atoms with E-state index in [0.29, 0.717) is 23.0 Å². The number of rotatable bonds is 7. The first-order valence-corrected chi connectivity index (χ1v) is 9.93. The van der Waals surface area contributed by atoms with Gasteiger partial charge in [0.2, 0.25) is 0 Å². The van der Waals surface area contributed by atoms with Gasteiger partial charge >= 0.3 is 5.97 Å². The quantitative estimate of drug-likeness (QED) is 0.441. The minimum Gasteiger partial charge on any atom is -0.427 e. The number of unbranched alkanes of at least 4 members (excludes halogenated alkanes) is 1. The van der Waals surface area contributed by atoms with Crippen molar-refractivity contribution in [3.05, 3.63) is 29.8 Å². The number of carbonyl (C=O) groups is 1. The van der Waals surface area contributed by atoms with Gasteiger partial charge in [0.1, 0.15) is 5.75 Å². The predicted octanol–water partition coefficient (Wildman–Crippen LogP) is 6.17. The number of esters is 1. The van der Waals surface area contributed by atoms with E-state index in [1.165, 1.54) is 56.9 Å². The summed E-state index contributed by atoms with van der Waals surface area (Å²) in [6.45, 7) is 4.41.